The Morgan fingerprint density at radius 1 is 0.773 bits per heavy atom. The first-order valence-corrected chi connectivity index (χ1v) is 6.12. The zero-order valence-electron chi connectivity index (χ0n) is 11.5. The summed E-state index contributed by atoms with van der Waals surface area (Å²) in [6, 6.07) is 0. The van der Waals surface area contributed by atoms with E-state index in [2.05, 4.69) is 9.47 Å². The first-order valence-electron chi connectivity index (χ1n) is 6.12. The van der Waals surface area contributed by atoms with Crippen LogP contribution in [0.3, 0.4) is 0 Å². The number of benzene rings is 1. The molecule has 0 spiro atoms. The molecule has 0 bridgehead atoms. The van der Waals surface area contributed by atoms with Gasteiger partial charge in [-0.05, 0) is 13.8 Å². The van der Waals surface area contributed by atoms with Crippen LogP contribution >= 0.6 is 0 Å². The summed E-state index contributed by atoms with van der Waals surface area (Å²) in [6.45, 7) is 2.12. The SMILES string of the molecule is CCOC(=O)C(C(=O)OCC)c1c(F)c(F)c(F)c(F)c1F. The van der Waals surface area contributed by atoms with Gasteiger partial charge in [-0.1, -0.05) is 0 Å². The van der Waals surface area contributed by atoms with Crippen LogP contribution in [-0.4, -0.2) is 25.2 Å². The lowest BCUT2D eigenvalue weighted by molar-refractivity contribution is -0.157. The summed E-state index contributed by atoms with van der Waals surface area (Å²) in [7, 11) is 0. The summed E-state index contributed by atoms with van der Waals surface area (Å²) in [5, 5.41) is 0. The normalized spacial score (nSPS) is 10.7. The molecule has 1 aromatic rings. The average molecular weight is 326 g/mol. The molecule has 0 aliphatic carbocycles. The van der Waals surface area contributed by atoms with Crippen molar-refractivity contribution in [3.8, 4) is 0 Å². The molecule has 0 atom stereocenters. The van der Waals surface area contributed by atoms with Gasteiger partial charge in [0.25, 0.3) is 0 Å². The Bertz CT molecular complexity index is 556. The van der Waals surface area contributed by atoms with Gasteiger partial charge in [-0.2, -0.15) is 0 Å². The first kappa shape index (κ1) is 17.9. The molecule has 0 aromatic heterocycles. The summed E-state index contributed by atoms with van der Waals surface area (Å²) < 4.78 is 75.7. The minimum Gasteiger partial charge on any atom is -0.465 e. The molecule has 0 saturated heterocycles. The summed E-state index contributed by atoms with van der Waals surface area (Å²) in [5.74, 6) is -16.9. The highest BCUT2D eigenvalue weighted by atomic mass is 19.2. The third-order valence-corrected chi connectivity index (χ3v) is 2.58. The predicted octanol–water partition coefficient (Wildman–Crippen LogP) is 2.59. The summed E-state index contributed by atoms with van der Waals surface area (Å²) in [5.41, 5.74) is -1.60. The molecule has 0 radical (unpaired) electrons. The second-order valence-electron chi connectivity index (χ2n) is 3.92. The Balaban J connectivity index is 3.55. The lowest BCUT2D eigenvalue weighted by atomic mass is 9.97. The minimum atomic E-state index is -2.41. The highest BCUT2D eigenvalue weighted by Crippen LogP contribution is 2.30. The molecule has 0 N–H and O–H groups in total. The monoisotopic (exact) mass is 326 g/mol. The number of hydrogen-bond acceptors (Lipinski definition) is 4. The fourth-order valence-electron chi connectivity index (χ4n) is 1.66. The van der Waals surface area contributed by atoms with Crippen LogP contribution in [-0.2, 0) is 19.1 Å². The van der Waals surface area contributed by atoms with E-state index >= 15 is 0 Å². The quantitative estimate of drug-likeness (QED) is 0.274. The van der Waals surface area contributed by atoms with Crippen LogP contribution in [0.1, 0.15) is 25.3 Å². The van der Waals surface area contributed by atoms with E-state index in [9.17, 15) is 31.5 Å². The molecule has 0 fully saturated rings. The number of ether oxygens (including phenoxy) is 2. The molecule has 22 heavy (non-hydrogen) atoms. The Kier molecular flexibility index (Phi) is 5.84. The number of esters is 2. The van der Waals surface area contributed by atoms with Gasteiger partial charge in [-0.15, -0.1) is 0 Å². The second kappa shape index (κ2) is 7.19. The smallest absolute Gasteiger partial charge is 0.325 e. The standard InChI is InChI=1S/C13H11F5O4/c1-3-21-12(19)6(13(20)22-4-2)5-7(14)9(16)11(18)10(17)8(5)15/h6H,3-4H2,1-2H3. The van der Waals surface area contributed by atoms with Crippen molar-refractivity contribution in [1.29, 1.82) is 0 Å². The van der Waals surface area contributed by atoms with Gasteiger partial charge in [-0.25, -0.2) is 22.0 Å². The van der Waals surface area contributed by atoms with Gasteiger partial charge in [-0.3, -0.25) is 9.59 Å². The fraction of sp³-hybridized carbons (Fsp3) is 0.385. The van der Waals surface area contributed by atoms with Crippen LogP contribution in [0.25, 0.3) is 0 Å². The van der Waals surface area contributed by atoms with Crippen molar-refractivity contribution in [2.24, 2.45) is 0 Å². The van der Waals surface area contributed by atoms with Crippen molar-refractivity contribution < 1.29 is 41.0 Å². The van der Waals surface area contributed by atoms with E-state index in [1.54, 1.807) is 0 Å². The zero-order chi connectivity index (χ0) is 17.0. The fourth-order valence-corrected chi connectivity index (χ4v) is 1.66. The molecule has 1 rings (SSSR count). The van der Waals surface area contributed by atoms with Gasteiger partial charge in [0.2, 0.25) is 5.82 Å². The molecule has 0 aliphatic heterocycles. The van der Waals surface area contributed by atoms with Crippen molar-refractivity contribution in [3.63, 3.8) is 0 Å². The molecule has 0 heterocycles. The van der Waals surface area contributed by atoms with Gasteiger partial charge in [0, 0.05) is 0 Å². The van der Waals surface area contributed by atoms with Gasteiger partial charge in [0.1, 0.15) is 0 Å². The Labute approximate surface area is 121 Å². The molecule has 0 unspecified atom stereocenters. The molecular formula is C13H11F5O4. The molecule has 0 amide bonds. The second-order valence-corrected chi connectivity index (χ2v) is 3.92. The first-order chi connectivity index (χ1) is 10.3. The van der Waals surface area contributed by atoms with Crippen molar-refractivity contribution in [2.45, 2.75) is 19.8 Å². The Morgan fingerprint density at radius 3 is 1.41 bits per heavy atom. The van der Waals surface area contributed by atoms with Crippen LogP contribution < -0.4 is 0 Å². The van der Waals surface area contributed by atoms with E-state index in [4.69, 9.17) is 0 Å². The number of hydrogen-bond donors (Lipinski definition) is 0. The van der Waals surface area contributed by atoms with Crippen LogP contribution in [0.2, 0.25) is 0 Å². The maximum absolute atomic E-state index is 13.7. The largest absolute Gasteiger partial charge is 0.465 e. The van der Waals surface area contributed by atoms with Crippen LogP contribution in [0.15, 0.2) is 0 Å². The van der Waals surface area contributed by atoms with Crippen molar-refractivity contribution in [3.05, 3.63) is 34.6 Å². The number of carbonyl (C=O) groups excluding carboxylic acids is 2. The van der Waals surface area contributed by atoms with Crippen molar-refractivity contribution in [2.75, 3.05) is 13.2 Å². The molecule has 4 nitrogen and oxygen atoms in total. The lowest BCUT2D eigenvalue weighted by Gasteiger charge is -2.16. The summed E-state index contributed by atoms with van der Waals surface area (Å²) in [6.07, 6.45) is 0. The number of carbonyl (C=O) groups is 2. The summed E-state index contributed by atoms with van der Waals surface area (Å²) in [4.78, 5) is 23.4. The average Bonchev–Trinajstić information content (AvgIpc) is 2.47. The maximum atomic E-state index is 13.7. The molecule has 122 valence electrons. The molecule has 0 saturated carbocycles. The number of rotatable bonds is 5. The highest BCUT2D eigenvalue weighted by Gasteiger charge is 2.40. The van der Waals surface area contributed by atoms with Crippen LogP contribution in [0.4, 0.5) is 22.0 Å². The van der Waals surface area contributed by atoms with Gasteiger partial charge >= 0.3 is 11.9 Å². The highest BCUT2D eigenvalue weighted by molar-refractivity contribution is 6.01. The van der Waals surface area contributed by atoms with Gasteiger partial charge < -0.3 is 9.47 Å². The Hall–Kier alpha value is -2.19. The lowest BCUT2D eigenvalue weighted by Crippen LogP contribution is -2.29. The zero-order valence-corrected chi connectivity index (χ0v) is 11.5. The van der Waals surface area contributed by atoms with E-state index in [0.29, 0.717) is 0 Å². The summed E-state index contributed by atoms with van der Waals surface area (Å²) >= 11 is 0. The molecular weight excluding hydrogens is 315 g/mol. The Morgan fingerprint density at radius 2 is 1.09 bits per heavy atom. The minimum absolute atomic E-state index is 0.274. The van der Waals surface area contributed by atoms with Crippen LogP contribution in [0.5, 0.6) is 0 Å². The maximum Gasteiger partial charge on any atom is 0.325 e. The van der Waals surface area contributed by atoms with E-state index in [-0.39, 0.29) is 13.2 Å². The van der Waals surface area contributed by atoms with E-state index in [1.807, 2.05) is 0 Å². The van der Waals surface area contributed by atoms with Gasteiger partial charge in [0.15, 0.2) is 29.2 Å². The van der Waals surface area contributed by atoms with Crippen molar-refractivity contribution >= 4 is 11.9 Å². The molecule has 9 heteroatoms. The van der Waals surface area contributed by atoms with Gasteiger partial charge in [0.05, 0.1) is 18.8 Å². The third-order valence-electron chi connectivity index (χ3n) is 2.58. The number of halogens is 5. The van der Waals surface area contributed by atoms with E-state index in [0.717, 1.165) is 0 Å². The molecule has 0 aliphatic rings. The predicted molar refractivity (Wildman–Crippen MR) is 62.2 cm³/mol. The molecule has 1 aromatic carbocycles. The van der Waals surface area contributed by atoms with E-state index < -0.39 is 52.5 Å². The van der Waals surface area contributed by atoms with E-state index in [1.165, 1.54) is 13.8 Å². The van der Waals surface area contributed by atoms with Crippen LogP contribution in [0, 0.1) is 29.1 Å². The topological polar surface area (TPSA) is 52.6 Å². The third kappa shape index (κ3) is 3.18. The van der Waals surface area contributed by atoms with Crippen molar-refractivity contribution in [1.82, 2.24) is 0 Å².